The Morgan fingerprint density at radius 1 is 0.727 bits per heavy atom. The number of benzene rings is 2. The highest BCUT2D eigenvalue weighted by Gasteiger charge is 2.25. The summed E-state index contributed by atoms with van der Waals surface area (Å²) in [6.07, 6.45) is 1.08. The zero-order chi connectivity index (χ0) is 16.3. The van der Waals surface area contributed by atoms with Crippen molar-refractivity contribution in [2.24, 2.45) is 0 Å². The molecule has 0 aliphatic heterocycles. The molecule has 116 valence electrons. The van der Waals surface area contributed by atoms with Gasteiger partial charge in [-0.1, -0.05) is 71.9 Å². The molecule has 0 aromatic heterocycles. The van der Waals surface area contributed by atoms with Crippen molar-refractivity contribution in [2.75, 3.05) is 0 Å². The summed E-state index contributed by atoms with van der Waals surface area (Å²) in [5, 5.41) is 0. The van der Waals surface area contributed by atoms with Gasteiger partial charge in [-0.3, -0.25) is 0 Å². The maximum absolute atomic E-state index is 2.45. The summed E-state index contributed by atoms with van der Waals surface area (Å²) >= 11 is 0. The maximum Gasteiger partial charge on any atom is -0.00133 e. The molecule has 0 fully saturated rings. The molecular formula is C22H28. The molecule has 1 aliphatic rings. The summed E-state index contributed by atoms with van der Waals surface area (Å²) in [5.74, 6) is 0. The molecule has 0 amide bonds. The molecule has 0 saturated heterocycles. The lowest BCUT2D eigenvalue weighted by molar-refractivity contribution is 0.586. The molecule has 0 atom stereocenters. The summed E-state index contributed by atoms with van der Waals surface area (Å²) in [4.78, 5) is 0. The molecule has 0 nitrogen and oxygen atoms in total. The van der Waals surface area contributed by atoms with E-state index in [1.165, 1.54) is 38.9 Å². The van der Waals surface area contributed by atoms with E-state index in [4.69, 9.17) is 0 Å². The Morgan fingerprint density at radius 3 is 1.95 bits per heavy atom. The molecule has 0 heteroatoms. The lowest BCUT2D eigenvalue weighted by Crippen LogP contribution is -2.13. The zero-order valence-corrected chi connectivity index (χ0v) is 15.1. The minimum atomic E-state index is 0.198. The molecule has 3 rings (SSSR count). The molecule has 2 aromatic carbocycles. The first-order valence-electron chi connectivity index (χ1n) is 8.35. The van der Waals surface area contributed by atoms with Gasteiger partial charge in [-0.05, 0) is 63.1 Å². The second-order valence-electron chi connectivity index (χ2n) is 8.87. The first kappa shape index (κ1) is 15.3. The van der Waals surface area contributed by atoms with Crippen LogP contribution in [0.15, 0.2) is 30.3 Å². The molecule has 0 unspecified atom stereocenters. The molecule has 1 aliphatic carbocycles. The van der Waals surface area contributed by atoms with E-state index in [1.54, 1.807) is 0 Å². The number of aryl methyl sites for hydroxylation is 1. The van der Waals surface area contributed by atoms with Crippen molar-refractivity contribution in [2.45, 2.75) is 65.7 Å². The van der Waals surface area contributed by atoms with Crippen LogP contribution in [0.25, 0.3) is 11.1 Å². The molecule has 2 aromatic rings. The van der Waals surface area contributed by atoms with Crippen molar-refractivity contribution in [1.29, 1.82) is 0 Å². The quantitative estimate of drug-likeness (QED) is 0.465. The Balaban J connectivity index is 2.19. The lowest BCUT2D eigenvalue weighted by atomic mass is 9.81. The largest absolute Gasteiger partial charge is 0.0582 e. The monoisotopic (exact) mass is 292 g/mol. The van der Waals surface area contributed by atoms with Gasteiger partial charge in [-0.25, -0.2) is 0 Å². The predicted octanol–water partition coefficient (Wildman–Crippen LogP) is 6.16. The molecule has 0 heterocycles. The summed E-state index contributed by atoms with van der Waals surface area (Å²) in [7, 11) is 0. The zero-order valence-electron chi connectivity index (χ0n) is 15.1. The van der Waals surface area contributed by atoms with Crippen LogP contribution in [0.2, 0.25) is 0 Å². The molecule has 0 saturated carbocycles. The SMILES string of the molecule is Cc1cc2c(cc1C(C)(C)C)-c1cc(C(C)(C)C)ccc1C2. The van der Waals surface area contributed by atoms with Crippen LogP contribution >= 0.6 is 0 Å². The third-order valence-electron chi connectivity index (χ3n) is 4.91. The van der Waals surface area contributed by atoms with Crippen molar-refractivity contribution in [3.8, 4) is 11.1 Å². The highest BCUT2D eigenvalue weighted by atomic mass is 14.3. The lowest BCUT2D eigenvalue weighted by Gasteiger charge is -2.23. The minimum Gasteiger partial charge on any atom is -0.0582 e. The van der Waals surface area contributed by atoms with Crippen molar-refractivity contribution >= 4 is 0 Å². The topological polar surface area (TPSA) is 0 Å². The van der Waals surface area contributed by atoms with E-state index in [0.717, 1.165) is 6.42 Å². The fourth-order valence-corrected chi connectivity index (χ4v) is 3.63. The summed E-state index contributed by atoms with van der Waals surface area (Å²) in [5.41, 5.74) is 10.6. The molecule has 0 N–H and O–H groups in total. The van der Waals surface area contributed by atoms with Crippen LogP contribution in [0, 0.1) is 6.92 Å². The van der Waals surface area contributed by atoms with Crippen LogP contribution in [-0.2, 0) is 17.3 Å². The smallest absolute Gasteiger partial charge is 0.00133 e. The van der Waals surface area contributed by atoms with Gasteiger partial charge >= 0.3 is 0 Å². The molecule has 0 radical (unpaired) electrons. The highest BCUT2D eigenvalue weighted by Crippen LogP contribution is 2.42. The predicted molar refractivity (Wildman–Crippen MR) is 96.8 cm³/mol. The van der Waals surface area contributed by atoms with Gasteiger partial charge in [0.2, 0.25) is 0 Å². The third kappa shape index (κ3) is 2.49. The van der Waals surface area contributed by atoms with Crippen molar-refractivity contribution in [3.63, 3.8) is 0 Å². The van der Waals surface area contributed by atoms with E-state index in [9.17, 15) is 0 Å². The van der Waals surface area contributed by atoms with Crippen LogP contribution in [0.5, 0.6) is 0 Å². The number of rotatable bonds is 0. The van der Waals surface area contributed by atoms with Crippen molar-refractivity contribution in [1.82, 2.24) is 0 Å². The van der Waals surface area contributed by atoms with E-state index in [0.29, 0.717) is 0 Å². The maximum atomic E-state index is 2.45. The normalized spacial score (nSPS) is 14.0. The Kier molecular flexibility index (Phi) is 3.29. The Morgan fingerprint density at radius 2 is 1.36 bits per heavy atom. The van der Waals surface area contributed by atoms with Crippen LogP contribution in [0.1, 0.15) is 69.4 Å². The van der Waals surface area contributed by atoms with Gasteiger partial charge in [-0.15, -0.1) is 0 Å². The minimum absolute atomic E-state index is 0.198. The van der Waals surface area contributed by atoms with Crippen LogP contribution < -0.4 is 0 Å². The molecular weight excluding hydrogens is 264 g/mol. The van der Waals surface area contributed by atoms with Gasteiger partial charge in [0.25, 0.3) is 0 Å². The summed E-state index contributed by atoms with van der Waals surface area (Å²) < 4.78 is 0. The fraction of sp³-hybridized carbons (Fsp3) is 0.455. The Hall–Kier alpha value is -1.56. The third-order valence-corrected chi connectivity index (χ3v) is 4.91. The molecule has 22 heavy (non-hydrogen) atoms. The standard InChI is InChI=1S/C22H28/c1-14-10-16-11-15-8-9-17(21(2,3)4)12-18(15)19(16)13-20(14)22(5,6)7/h8-10,12-13H,11H2,1-7H3. The molecule has 0 bridgehead atoms. The van der Waals surface area contributed by atoms with Crippen LogP contribution in [0.4, 0.5) is 0 Å². The van der Waals surface area contributed by atoms with Gasteiger partial charge < -0.3 is 0 Å². The summed E-state index contributed by atoms with van der Waals surface area (Å²) in [6.45, 7) is 16.1. The average Bonchev–Trinajstić information content (AvgIpc) is 2.71. The number of hydrogen-bond acceptors (Lipinski definition) is 0. The van der Waals surface area contributed by atoms with E-state index in [2.05, 4.69) is 78.8 Å². The van der Waals surface area contributed by atoms with Crippen molar-refractivity contribution in [3.05, 3.63) is 58.1 Å². The number of hydrogen-bond donors (Lipinski definition) is 0. The first-order chi connectivity index (χ1) is 10.1. The van der Waals surface area contributed by atoms with E-state index >= 15 is 0 Å². The van der Waals surface area contributed by atoms with Crippen molar-refractivity contribution < 1.29 is 0 Å². The fourth-order valence-electron chi connectivity index (χ4n) is 3.63. The van der Waals surface area contributed by atoms with Gasteiger partial charge in [0, 0.05) is 0 Å². The first-order valence-corrected chi connectivity index (χ1v) is 8.35. The van der Waals surface area contributed by atoms with E-state index in [1.807, 2.05) is 0 Å². The Labute approximate surface area is 135 Å². The van der Waals surface area contributed by atoms with Crippen LogP contribution in [0.3, 0.4) is 0 Å². The average molecular weight is 292 g/mol. The van der Waals surface area contributed by atoms with Gasteiger partial charge in [0.15, 0.2) is 0 Å². The second kappa shape index (κ2) is 4.72. The van der Waals surface area contributed by atoms with Gasteiger partial charge in [0.05, 0.1) is 0 Å². The van der Waals surface area contributed by atoms with Gasteiger partial charge in [-0.2, -0.15) is 0 Å². The molecule has 0 spiro atoms. The van der Waals surface area contributed by atoms with E-state index < -0.39 is 0 Å². The summed E-state index contributed by atoms with van der Waals surface area (Å²) in [6, 6.07) is 11.9. The Bertz CT molecular complexity index is 734. The van der Waals surface area contributed by atoms with Crippen LogP contribution in [-0.4, -0.2) is 0 Å². The second-order valence-corrected chi connectivity index (χ2v) is 8.87. The highest BCUT2D eigenvalue weighted by molar-refractivity contribution is 5.78. The van der Waals surface area contributed by atoms with Gasteiger partial charge in [0.1, 0.15) is 0 Å². The number of fused-ring (bicyclic) bond motifs is 3. The van der Waals surface area contributed by atoms with E-state index in [-0.39, 0.29) is 10.8 Å².